The highest BCUT2D eigenvalue weighted by Gasteiger charge is 2.24. The van der Waals surface area contributed by atoms with Crippen molar-refractivity contribution in [3.8, 4) is 0 Å². The smallest absolute Gasteiger partial charge is 0.158 e. The van der Waals surface area contributed by atoms with Crippen LogP contribution in [-0.2, 0) is 9.47 Å². The molecule has 0 aliphatic carbocycles. The first kappa shape index (κ1) is 11.0. The third kappa shape index (κ3) is 4.07. The lowest BCUT2D eigenvalue weighted by atomic mass is 10.2. The first-order valence-corrected chi connectivity index (χ1v) is 5.24. The van der Waals surface area contributed by atoms with E-state index in [0.717, 1.165) is 38.7 Å². The Kier molecular flexibility index (Phi) is 5.35. The van der Waals surface area contributed by atoms with Crippen molar-refractivity contribution in [2.24, 2.45) is 0 Å². The van der Waals surface area contributed by atoms with Crippen molar-refractivity contribution < 1.29 is 14.6 Å². The third-order valence-corrected chi connectivity index (χ3v) is 2.27. The Hall–Kier alpha value is -0.120. The molecule has 3 heteroatoms. The summed E-state index contributed by atoms with van der Waals surface area (Å²) in [4.78, 5) is 0. The lowest BCUT2D eigenvalue weighted by Crippen LogP contribution is -2.12. The second-order valence-corrected chi connectivity index (χ2v) is 3.53. The van der Waals surface area contributed by atoms with Crippen molar-refractivity contribution in [3.63, 3.8) is 0 Å². The number of unbranched alkanes of at least 4 members (excludes halogenated alkanes) is 1. The van der Waals surface area contributed by atoms with Gasteiger partial charge in [0.2, 0.25) is 0 Å². The maximum absolute atomic E-state index is 8.60. The van der Waals surface area contributed by atoms with Gasteiger partial charge in [-0.3, -0.25) is 0 Å². The van der Waals surface area contributed by atoms with Crippen LogP contribution in [0.25, 0.3) is 0 Å². The summed E-state index contributed by atoms with van der Waals surface area (Å²) >= 11 is 0. The second kappa shape index (κ2) is 6.35. The van der Waals surface area contributed by atoms with Crippen LogP contribution in [0.1, 0.15) is 39.0 Å². The highest BCUT2D eigenvalue weighted by atomic mass is 16.7. The summed E-state index contributed by atoms with van der Waals surface area (Å²) in [6.45, 7) is 3.15. The minimum absolute atomic E-state index is 0.0316. The lowest BCUT2D eigenvalue weighted by molar-refractivity contribution is -0.0633. The van der Waals surface area contributed by atoms with Crippen molar-refractivity contribution in [2.75, 3.05) is 13.2 Å². The zero-order chi connectivity index (χ0) is 9.52. The van der Waals surface area contributed by atoms with Gasteiger partial charge in [-0.1, -0.05) is 13.3 Å². The van der Waals surface area contributed by atoms with Crippen LogP contribution in [0.15, 0.2) is 0 Å². The zero-order valence-electron chi connectivity index (χ0n) is 8.37. The van der Waals surface area contributed by atoms with E-state index < -0.39 is 0 Å². The van der Waals surface area contributed by atoms with E-state index in [1.807, 2.05) is 0 Å². The Morgan fingerprint density at radius 1 is 1.31 bits per heavy atom. The molecule has 78 valence electrons. The van der Waals surface area contributed by atoms with Gasteiger partial charge in [0, 0.05) is 6.61 Å². The molecule has 0 unspecified atom stereocenters. The maximum atomic E-state index is 8.60. The molecule has 0 radical (unpaired) electrons. The number of hydrogen-bond acceptors (Lipinski definition) is 3. The van der Waals surface area contributed by atoms with Crippen LogP contribution in [-0.4, -0.2) is 30.7 Å². The highest BCUT2D eigenvalue weighted by molar-refractivity contribution is 4.65. The van der Waals surface area contributed by atoms with E-state index in [2.05, 4.69) is 6.92 Å². The van der Waals surface area contributed by atoms with Crippen LogP contribution in [0.3, 0.4) is 0 Å². The van der Waals surface area contributed by atoms with Gasteiger partial charge in [0.1, 0.15) is 0 Å². The molecule has 1 rings (SSSR count). The molecule has 0 aromatic rings. The number of rotatable bonds is 6. The summed E-state index contributed by atoms with van der Waals surface area (Å²) in [5.74, 6) is 0. The van der Waals surface area contributed by atoms with Crippen molar-refractivity contribution >= 4 is 0 Å². The van der Waals surface area contributed by atoms with Gasteiger partial charge in [-0.05, 0) is 25.7 Å². The summed E-state index contributed by atoms with van der Waals surface area (Å²) < 4.78 is 11.1. The van der Waals surface area contributed by atoms with E-state index in [9.17, 15) is 0 Å². The molecule has 0 saturated carbocycles. The Bertz CT molecular complexity index is 127. The van der Waals surface area contributed by atoms with Gasteiger partial charge < -0.3 is 14.6 Å². The number of aliphatic hydroxyl groups is 1. The van der Waals surface area contributed by atoms with Gasteiger partial charge in [-0.15, -0.1) is 0 Å². The predicted molar refractivity (Wildman–Crippen MR) is 50.5 cm³/mol. The molecule has 0 amide bonds. The van der Waals surface area contributed by atoms with Gasteiger partial charge in [0.15, 0.2) is 6.29 Å². The molecule has 1 aliphatic rings. The van der Waals surface area contributed by atoms with Crippen molar-refractivity contribution in [1.29, 1.82) is 0 Å². The number of ether oxygens (including phenoxy) is 2. The normalized spacial score (nSPS) is 28.2. The van der Waals surface area contributed by atoms with Crippen molar-refractivity contribution in [3.05, 3.63) is 0 Å². The van der Waals surface area contributed by atoms with Gasteiger partial charge >= 0.3 is 0 Å². The molecule has 1 saturated heterocycles. The first-order valence-electron chi connectivity index (χ1n) is 5.24. The zero-order valence-corrected chi connectivity index (χ0v) is 8.37. The molecule has 1 aliphatic heterocycles. The fraction of sp³-hybridized carbons (Fsp3) is 1.00. The average Bonchev–Trinajstić information content (AvgIpc) is 2.54. The molecular formula is C10H20O3. The van der Waals surface area contributed by atoms with E-state index in [1.54, 1.807) is 0 Å². The number of hydrogen-bond donors (Lipinski definition) is 1. The van der Waals surface area contributed by atoms with Crippen LogP contribution in [0.2, 0.25) is 0 Å². The summed E-state index contributed by atoms with van der Waals surface area (Å²) in [6, 6.07) is 0. The summed E-state index contributed by atoms with van der Waals surface area (Å²) in [6.07, 6.45) is 5.32. The maximum Gasteiger partial charge on any atom is 0.158 e. The molecular weight excluding hydrogens is 168 g/mol. The Labute approximate surface area is 80.0 Å². The van der Waals surface area contributed by atoms with Crippen LogP contribution in [0.4, 0.5) is 0 Å². The molecule has 0 bridgehead atoms. The fourth-order valence-electron chi connectivity index (χ4n) is 1.53. The van der Waals surface area contributed by atoms with Crippen LogP contribution >= 0.6 is 0 Å². The number of aliphatic hydroxyl groups excluding tert-OH is 1. The molecule has 13 heavy (non-hydrogen) atoms. The fourth-order valence-corrected chi connectivity index (χ4v) is 1.53. The minimum atomic E-state index is 0.0316. The standard InChI is InChI=1S/C10H20O3/c1-2-5-10-12-8-9(13-10)6-3-4-7-11/h9-11H,2-8H2,1H3/t9-,10+/m1/s1. The first-order chi connectivity index (χ1) is 6.36. The van der Waals surface area contributed by atoms with Crippen molar-refractivity contribution in [1.82, 2.24) is 0 Å². The van der Waals surface area contributed by atoms with Gasteiger partial charge in [0.05, 0.1) is 12.7 Å². The quantitative estimate of drug-likeness (QED) is 0.645. The third-order valence-electron chi connectivity index (χ3n) is 2.27. The van der Waals surface area contributed by atoms with Crippen LogP contribution in [0, 0.1) is 0 Å². The van der Waals surface area contributed by atoms with Crippen LogP contribution < -0.4 is 0 Å². The SMILES string of the molecule is CCC[C@H]1OC[C@@H](CCCCO)O1. The molecule has 2 atom stereocenters. The molecule has 3 nitrogen and oxygen atoms in total. The second-order valence-electron chi connectivity index (χ2n) is 3.53. The Balaban J connectivity index is 2.03. The highest BCUT2D eigenvalue weighted by Crippen LogP contribution is 2.19. The van der Waals surface area contributed by atoms with E-state index in [1.165, 1.54) is 0 Å². The van der Waals surface area contributed by atoms with Gasteiger partial charge in [-0.2, -0.15) is 0 Å². The van der Waals surface area contributed by atoms with Gasteiger partial charge in [-0.25, -0.2) is 0 Å². The molecule has 0 spiro atoms. The van der Waals surface area contributed by atoms with E-state index in [-0.39, 0.29) is 19.0 Å². The van der Waals surface area contributed by atoms with Crippen molar-refractivity contribution in [2.45, 2.75) is 51.4 Å². The lowest BCUT2D eigenvalue weighted by Gasteiger charge is -2.09. The molecule has 1 fully saturated rings. The monoisotopic (exact) mass is 188 g/mol. The van der Waals surface area contributed by atoms with E-state index in [0.29, 0.717) is 0 Å². The molecule has 0 aromatic heterocycles. The Morgan fingerprint density at radius 3 is 2.85 bits per heavy atom. The van der Waals surface area contributed by atoms with E-state index >= 15 is 0 Å². The summed E-state index contributed by atoms with van der Waals surface area (Å²) in [7, 11) is 0. The van der Waals surface area contributed by atoms with E-state index in [4.69, 9.17) is 14.6 Å². The van der Waals surface area contributed by atoms with Crippen LogP contribution in [0.5, 0.6) is 0 Å². The minimum Gasteiger partial charge on any atom is -0.396 e. The molecule has 1 heterocycles. The topological polar surface area (TPSA) is 38.7 Å². The molecule has 0 aromatic carbocycles. The predicted octanol–water partition coefficient (Wildman–Crippen LogP) is 1.69. The summed E-state index contributed by atoms with van der Waals surface area (Å²) in [5.41, 5.74) is 0. The summed E-state index contributed by atoms with van der Waals surface area (Å²) in [5, 5.41) is 8.60. The van der Waals surface area contributed by atoms with Gasteiger partial charge in [0.25, 0.3) is 0 Å². The Morgan fingerprint density at radius 2 is 2.15 bits per heavy atom. The average molecular weight is 188 g/mol. The largest absolute Gasteiger partial charge is 0.396 e. The molecule has 1 N–H and O–H groups in total.